The Hall–Kier alpha value is -4.66. The summed E-state index contributed by atoms with van der Waals surface area (Å²) in [5, 5.41) is 25.9. The van der Waals surface area contributed by atoms with Gasteiger partial charge in [0.05, 0.1) is 30.6 Å². The van der Waals surface area contributed by atoms with Crippen LogP contribution in [0.2, 0.25) is 0 Å². The summed E-state index contributed by atoms with van der Waals surface area (Å²) in [5.74, 6) is -6.45. The smallest absolute Gasteiger partial charge is 0.248 e. The van der Waals surface area contributed by atoms with Crippen molar-refractivity contribution in [3.8, 4) is 0 Å². The third-order valence-electron chi connectivity index (χ3n) is 7.64. The standard InChI is InChI=1S/C31H43N9O9S2/c1-13(2)25-30(48)37-20(9-22(33)42)28(46)34-10-24(44)39-26(15(4)41)31(49)38-21(12-51-50-11-18(32)27(45)40-25)29(47)35-16-5-6-17-14(3)7-23(43)36-19(17)8-16/h5-8,13,15,18,20-21,25-26,41H,9-12,32H2,1-4H3,(H2,33,42)(H,34,46)(H,35,47)(H,36,43)(H,37,48)(H,38,49)(H,39,44)(H,40,45)/t15-,18+,20?,21?,25?,26+/m1/s1. The zero-order valence-electron chi connectivity index (χ0n) is 28.4. The topological polar surface area (TPSA) is 297 Å². The first-order valence-corrected chi connectivity index (χ1v) is 18.3. The number of carbonyl (C=O) groups excluding carboxylic acids is 7. The summed E-state index contributed by atoms with van der Waals surface area (Å²) in [7, 11) is 2.21. The van der Waals surface area contributed by atoms with Crippen LogP contribution in [0.25, 0.3) is 10.9 Å². The zero-order chi connectivity index (χ0) is 38.0. The predicted molar refractivity (Wildman–Crippen MR) is 192 cm³/mol. The van der Waals surface area contributed by atoms with E-state index in [1.807, 2.05) is 0 Å². The van der Waals surface area contributed by atoms with Crippen molar-refractivity contribution >= 4 is 79.5 Å². The number of nitrogens with one attached hydrogen (secondary N) is 7. The van der Waals surface area contributed by atoms with Gasteiger partial charge in [0.2, 0.25) is 46.9 Å². The summed E-state index contributed by atoms with van der Waals surface area (Å²) in [6, 6.07) is -0.305. The Kier molecular flexibility index (Phi) is 14.8. The van der Waals surface area contributed by atoms with Crippen LogP contribution in [0.3, 0.4) is 0 Å². The molecule has 3 unspecified atom stereocenters. The summed E-state index contributed by atoms with van der Waals surface area (Å²) in [6.07, 6.45) is -2.09. The minimum atomic E-state index is -1.58. The highest BCUT2D eigenvalue weighted by molar-refractivity contribution is 8.76. The summed E-state index contributed by atoms with van der Waals surface area (Å²) >= 11 is 0. The molecule has 0 aliphatic carbocycles. The van der Waals surface area contributed by atoms with Gasteiger partial charge in [0.25, 0.3) is 0 Å². The van der Waals surface area contributed by atoms with Crippen molar-refractivity contribution in [1.29, 1.82) is 0 Å². The van der Waals surface area contributed by atoms with E-state index in [-0.39, 0.29) is 17.1 Å². The van der Waals surface area contributed by atoms with Crippen molar-refractivity contribution in [1.82, 2.24) is 31.6 Å². The van der Waals surface area contributed by atoms with Crippen molar-refractivity contribution < 1.29 is 38.7 Å². The van der Waals surface area contributed by atoms with Crippen LogP contribution in [0.4, 0.5) is 5.69 Å². The van der Waals surface area contributed by atoms with Crippen LogP contribution in [-0.2, 0) is 33.6 Å². The lowest BCUT2D eigenvalue weighted by Crippen LogP contribution is -2.59. The predicted octanol–water partition coefficient (Wildman–Crippen LogP) is -2.54. The van der Waals surface area contributed by atoms with Gasteiger partial charge in [-0.25, -0.2) is 0 Å². The Labute approximate surface area is 300 Å². The lowest BCUT2D eigenvalue weighted by atomic mass is 10.0. The third-order valence-corrected chi connectivity index (χ3v) is 10.1. The highest BCUT2D eigenvalue weighted by Gasteiger charge is 2.33. The molecule has 1 fully saturated rings. The van der Waals surface area contributed by atoms with E-state index in [9.17, 15) is 43.5 Å². The highest BCUT2D eigenvalue weighted by atomic mass is 33.1. The number of aryl methyl sites for hydroxylation is 1. The van der Waals surface area contributed by atoms with E-state index in [0.717, 1.165) is 32.5 Å². The van der Waals surface area contributed by atoms with Gasteiger partial charge in [-0.15, -0.1) is 0 Å². The van der Waals surface area contributed by atoms with Crippen LogP contribution in [0, 0.1) is 12.8 Å². The molecule has 20 heteroatoms. The lowest BCUT2D eigenvalue weighted by molar-refractivity contribution is -0.135. The summed E-state index contributed by atoms with van der Waals surface area (Å²) < 4.78 is 0. The van der Waals surface area contributed by atoms with E-state index in [0.29, 0.717) is 11.2 Å². The van der Waals surface area contributed by atoms with Gasteiger partial charge in [0.15, 0.2) is 0 Å². The Bertz CT molecular complexity index is 1720. The Balaban J connectivity index is 1.89. The quantitative estimate of drug-likeness (QED) is 0.137. The number of nitrogens with two attached hydrogens (primary N) is 2. The number of hydrogen-bond donors (Lipinski definition) is 10. The molecule has 51 heavy (non-hydrogen) atoms. The van der Waals surface area contributed by atoms with Crippen LogP contribution in [0.15, 0.2) is 29.1 Å². The van der Waals surface area contributed by atoms with E-state index in [4.69, 9.17) is 11.5 Å². The normalized spacial score (nSPS) is 24.0. The molecule has 12 N–H and O–H groups in total. The average molecular weight is 750 g/mol. The second-order valence-electron chi connectivity index (χ2n) is 12.3. The molecular formula is C31H43N9O9S2. The van der Waals surface area contributed by atoms with Crippen LogP contribution in [0.5, 0.6) is 0 Å². The molecule has 7 amide bonds. The number of benzene rings is 1. The summed E-state index contributed by atoms with van der Waals surface area (Å²) in [4.78, 5) is 105. The van der Waals surface area contributed by atoms with Gasteiger partial charge >= 0.3 is 0 Å². The number of pyridine rings is 1. The SMILES string of the molecule is Cc1cc(=O)[nH]c2cc(NC(=O)C3CSSC[C@H](N)C(=O)NC(C(C)C)C(=O)NC(CC(N)=O)C(=O)NCC(=O)N[C@@H]([C@@H](C)O)C(=O)N3)ccc12. The Morgan fingerprint density at radius 2 is 1.57 bits per heavy atom. The molecule has 3 rings (SSSR count). The van der Waals surface area contributed by atoms with Gasteiger partial charge in [0, 0.05) is 28.6 Å². The number of amides is 7. The van der Waals surface area contributed by atoms with E-state index in [1.54, 1.807) is 39.0 Å². The number of H-pyrrole nitrogens is 1. The number of rotatable bonds is 6. The van der Waals surface area contributed by atoms with Crippen molar-refractivity contribution in [2.45, 2.75) is 70.4 Å². The number of aromatic amines is 1. The number of aliphatic hydroxyl groups excluding tert-OH is 1. The van der Waals surface area contributed by atoms with Gasteiger partial charge in [-0.3, -0.25) is 38.4 Å². The lowest BCUT2D eigenvalue weighted by Gasteiger charge is -2.27. The molecule has 0 saturated carbocycles. The number of fused-ring (bicyclic) bond motifs is 1. The third kappa shape index (κ3) is 12.0. The number of anilines is 1. The number of primary amides is 1. The minimum absolute atomic E-state index is 0.0155. The minimum Gasteiger partial charge on any atom is -0.391 e. The summed E-state index contributed by atoms with van der Waals surface area (Å²) in [6.45, 7) is 5.55. The molecule has 1 aliphatic rings. The van der Waals surface area contributed by atoms with Gasteiger partial charge in [-0.05, 0) is 37.5 Å². The fourth-order valence-electron chi connectivity index (χ4n) is 4.89. The fraction of sp³-hybridized carbons (Fsp3) is 0.484. The molecule has 18 nitrogen and oxygen atoms in total. The van der Waals surface area contributed by atoms with Crippen LogP contribution < -0.4 is 48.9 Å². The zero-order valence-corrected chi connectivity index (χ0v) is 30.0. The van der Waals surface area contributed by atoms with Crippen molar-refractivity contribution in [2.75, 3.05) is 23.4 Å². The molecule has 1 aromatic heterocycles. The average Bonchev–Trinajstić information content (AvgIpc) is 3.04. The van der Waals surface area contributed by atoms with E-state index in [2.05, 4.69) is 36.9 Å². The van der Waals surface area contributed by atoms with Crippen molar-refractivity contribution in [3.63, 3.8) is 0 Å². The van der Waals surface area contributed by atoms with E-state index >= 15 is 0 Å². The summed E-state index contributed by atoms with van der Waals surface area (Å²) in [5.41, 5.74) is 12.5. The first-order valence-electron chi connectivity index (χ1n) is 15.9. The van der Waals surface area contributed by atoms with Crippen LogP contribution in [0.1, 0.15) is 32.8 Å². The monoisotopic (exact) mass is 749 g/mol. The molecule has 1 aliphatic heterocycles. The van der Waals surface area contributed by atoms with E-state index < -0.39 is 96.5 Å². The molecule has 2 aromatic rings. The molecular weight excluding hydrogens is 707 g/mol. The maximum Gasteiger partial charge on any atom is 0.248 e. The van der Waals surface area contributed by atoms with Gasteiger partial charge in [0.1, 0.15) is 24.2 Å². The number of carbonyl (C=O) groups is 7. The maximum absolute atomic E-state index is 13.5. The second kappa shape index (κ2) is 18.5. The van der Waals surface area contributed by atoms with Gasteiger partial charge in [-0.1, -0.05) is 41.5 Å². The fourth-order valence-corrected chi connectivity index (χ4v) is 7.17. The molecule has 1 aromatic carbocycles. The molecule has 2 heterocycles. The largest absolute Gasteiger partial charge is 0.391 e. The number of hydrogen-bond acceptors (Lipinski definition) is 12. The number of aliphatic hydroxyl groups is 1. The number of aromatic nitrogens is 1. The second-order valence-corrected chi connectivity index (χ2v) is 14.8. The Morgan fingerprint density at radius 1 is 0.902 bits per heavy atom. The molecule has 0 bridgehead atoms. The van der Waals surface area contributed by atoms with Crippen molar-refractivity contribution in [3.05, 3.63) is 40.2 Å². The molecule has 278 valence electrons. The highest BCUT2D eigenvalue weighted by Crippen LogP contribution is 2.24. The molecule has 1 saturated heterocycles. The van der Waals surface area contributed by atoms with Gasteiger partial charge in [-0.2, -0.15) is 0 Å². The molecule has 0 spiro atoms. The van der Waals surface area contributed by atoms with Crippen LogP contribution in [-0.4, -0.2) is 106 Å². The molecule has 0 radical (unpaired) electrons. The molecule has 6 atom stereocenters. The maximum atomic E-state index is 13.5. The van der Waals surface area contributed by atoms with Crippen LogP contribution >= 0.6 is 21.6 Å². The first-order chi connectivity index (χ1) is 24.0. The Morgan fingerprint density at radius 3 is 2.22 bits per heavy atom. The van der Waals surface area contributed by atoms with Gasteiger partial charge < -0.3 is 53.5 Å². The van der Waals surface area contributed by atoms with Crippen molar-refractivity contribution in [2.24, 2.45) is 17.4 Å². The first kappa shape index (κ1) is 40.8. The van der Waals surface area contributed by atoms with E-state index in [1.165, 1.54) is 13.0 Å².